The van der Waals surface area contributed by atoms with Gasteiger partial charge in [-0.2, -0.15) is 0 Å². The molecule has 0 saturated heterocycles. The van der Waals surface area contributed by atoms with Crippen LogP contribution in [0.2, 0.25) is 0 Å². The van der Waals surface area contributed by atoms with Gasteiger partial charge in [-0.1, -0.05) is 6.92 Å². The number of rotatable bonds is 6. The summed E-state index contributed by atoms with van der Waals surface area (Å²) in [6.45, 7) is 7.42. The van der Waals surface area contributed by atoms with Crippen LogP contribution in [0.3, 0.4) is 0 Å². The monoisotopic (exact) mass is 240 g/mol. The fraction of sp³-hybridized carbons (Fsp3) is 0.583. The van der Waals surface area contributed by atoms with Crippen molar-refractivity contribution in [3.8, 4) is 0 Å². The number of amides is 1. The fourth-order valence-electron chi connectivity index (χ4n) is 1.38. The van der Waals surface area contributed by atoms with Gasteiger partial charge in [0.1, 0.15) is 0 Å². The molecule has 1 atom stereocenters. The SMILES string of the molecule is CCNC(=O)C(C)NCc1ccc(CC)s1. The molecule has 1 unspecified atom stereocenters. The van der Waals surface area contributed by atoms with Crippen LogP contribution >= 0.6 is 11.3 Å². The Morgan fingerprint density at radius 1 is 1.38 bits per heavy atom. The summed E-state index contributed by atoms with van der Waals surface area (Å²) in [4.78, 5) is 14.1. The van der Waals surface area contributed by atoms with Gasteiger partial charge >= 0.3 is 0 Å². The Morgan fingerprint density at radius 2 is 2.06 bits per heavy atom. The van der Waals surface area contributed by atoms with Crippen LogP contribution in [0.1, 0.15) is 30.5 Å². The minimum Gasteiger partial charge on any atom is -0.355 e. The van der Waals surface area contributed by atoms with Crippen molar-refractivity contribution in [2.75, 3.05) is 6.54 Å². The zero-order chi connectivity index (χ0) is 12.0. The van der Waals surface area contributed by atoms with Gasteiger partial charge in [0, 0.05) is 22.8 Å². The van der Waals surface area contributed by atoms with Crippen molar-refractivity contribution in [3.05, 3.63) is 21.9 Å². The second-order valence-corrected chi connectivity index (χ2v) is 4.97. The highest BCUT2D eigenvalue weighted by atomic mass is 32.1. The molecule has 0 aliphatic rings. The maximum absolute atomic E-state index is 11.5. The maximum atomic E-state index is 11.5. The molecule has 4 heteroatoms. The molecule has 1 heterocycles. The molecule has 0 aliphatic carbocycles. The predicted octanol–water partition coefficient (Wildman–Crippen LogP) is 1.92. The molecule has 3 nitrogen and oxygen atoms in total. The molecule has 1 aromatic heterocycles. The number of hydrogen-bond acceptors (Lipinski definition) is 3. The highest BCUT2D eigenvalue weighted by Gasteiger charge is 2.10. The van der Waals surface area contributed by atoms with Crippen LogP contribution in [0, 0.1) is 0 Å². The summed E-state index contributed by atoms with van der Waals surface area (Å²) in [5.74, 6) is 0.0646. The molecule has 0 fully saturated rings. The largest absolute Gasteiger partial charge is 0.355 e. The van der Waals surface area contributed by atoms with E-state index in [4.69, 9.17) is 0 Å². The number of likely N-dealkylation sites (N-methyl/N-ethyl adjacent to an activating group) is 1. The van der Waals surface area contributed by atoms with E-state index >= 15 is 0 Å². The Balaban J connectivity index is 2.36. The fourth-order valence-corrected chi connectivity index (χ4v) is 2.29. The van der Waals surface area contributed by atoms with E-state index in [-0.39, 0.29) is 11.9 Å². The van der Waals surface area contributed by atoms with Gasteiger partial charge in [0.25, 0.3) is 0 Å². The molecule has 2 N–H and O–H groups in total. The van der Waals surface area contributed by atoms with Crippen LogP contribution in [-0.2, 0) is 17.8 Å². The van der Waals surface area contributed by atoms with Crippen molar-refractivity contribution in [3.63, 3.8) is 0 Å². The molecular weight excluding hydrogens is 220 g/mol. The summed E-state index contributed by atoms with van der Waals surface area (Å²) < 4.78 is 0. The van der Waals surface area contributed by atoms with E-state index < -0.39 is 0 Å². The lowest BCUT2D eigenvalue weighted by Crippen LogP contribution is -2.41. The van der Waals surface area contributed by atoms with Crippen LogP contribution in [0.25, 0.3) is 0 Å². The number of aryl methyl sites for hydroxylation is 1. The summed E-state index contributed by atoms with van der Waals surface area (Å²) in [6, 6.07) is 4.14. The van der Waals surface area contributed by atoms with Gasteiger partial charge in [-0.15, -0.1) is 11.3 Å². The third-order valence-corrected chi connectivity index (χ3v) is 3.62. The standard InChI is InChI=1S/C12H20N2OS/c1-4-10-6-7-11(16-10)8-14-9(3)12(15)13-5-2/h6-7,9,14H,4-5,8H2,1-3H3,(H,13,15). The van der Waals surface area contributed by atoms with Crippen molar-refractivity contribution in [2.45, 2.75) is 39.8 Å². The normalized spacial score (nSPS) is 12.4. The minimum absolute atomic E-state index is 0.0646. The Labute approximate surface area is 101 Å². The molecule has 0 aliphatic heterocycles. The summed E-state index contributed by atoms with van der Waals surface area (Å²) in [5, 5.41) is 6.02. The first-order valence-electron chi connectivity index (χ1n) is 5.76. The van der Waals surface area contributed by atoms with Gasteiger partial charge in [0.05, 0.1) is 6.04 Å². The molecule has 1 aromatic rings. The summed E-state index contributed by atoms with van der Waals surface area (Å²) in [5.41, 5.74) is 0. The van der Waals surface area contributed by atoms with Crippen LogP contribution in [0.5, 0.6) is 0 Å². The Bertz CT molecular complexity index is 336. The van der Waals surface area contributed by atoms with E-state index in [2.05, 4.69) is 29.7 Å². The highest BCUT2D eigenvalue weighted by Crippen LogP contribution is 2.16. The molecule has 0 saturated carbocycles. The van der Waals surface area contributed by atoms with E-state index in [0.29, 0.717) is 6.54 Å². The van der Waals surface area contributed by atoms with E-state index in [1.165, 1.54) is 9.75 Å². The van der Waals surface area contributed by atoms with E-state index in [1.54, 1.807) is 11.3 Å². The third-order valence-electron chi connectivity index (χ3n) is 2.39. The zero-order valence-corrected chi connectivity index (χ0v) is 11.0. The van der Waals surface area contributed by atoms with Gasteiger partial charge in [-0.25, -0.2) is 0 Å². The molecule has 0 spiro atoms. The molecule has 90 valence electrons. The molecule has 16 heavy (non-hydrogen) atoms. The number of thiophene rings is 1. The average Bonchev–Trinajstić information content (AvgIpc) is 2.74. The average molecular weight is 240 g/mol. The van der Waals surface area contributed by atoms with Gasteiger partial charge in [-0.3, -0.25) is 4.79 Å². The van der Waals surface area contributed by atoms with Crippen LogP contribution in [0.15, 0.2) is 12.1 Å². The van der Waals surface area contributed by atoms with Gasteiger partial charge < -0.3 is 10.6 Å². The maximum Gasteiger partial charge on any atom is 0.236 e. The van der Waals surface area contributed by atoms with Gasteiger partial charge in [0.15, 0.2) is 0 Å². The van der Waals surface area contributed by atoms with Crippen molar-refractivity contribution >= 4 is 17.2 Å². The van der Waals surface area contributed by atoms with Crippen LogP contribution in [0.4, 0.5) is 0 Å². The second-order valence-electron chi connectivity index (χ2n) is 3.72. The number of nitrogens with one attached hydrogen (secondary N) is 2. The molecule has 1 rings (SSSR count). The predicted molar refractivity (Wildman–Crippen MR) is 68.7 cm³/mol. The Morgan fingerprint density at radius 3 is 2.62 bits per heavy atom. The van der Waals surface area contributed by atoms with Crippen LogP contribution in [-0.4, -0.2) is 18.5 Å². The van der Waals surface area contributed by atoms with Crippen LogP contribution < -0.4 is 10.6 Å². The van der Waals surface area contributed by atoms with Crippen molar-refractivity contribution in [1.29, 1.82) is 0 Å². The topological polar surface area (TPSA) is 41.1 Å². The lowest BCUT2D eigenvalue weighted by Gasteiger charge is -2.12. The number of carbonyl (C=O) groups excluding carboxylic acids is 1. The van der Waals surface area contributed by atoms with Crippen molar-refractivity contribution in [1.82, 2.24) is 10.6 Å². The van der Waals surface area contributed by atoms with E-state index in [0.717, 1.165) is 13.0 Å². The minimum atomic E-state index is -0.132. The molecule has 1 amide bonds. The number of hydrogen-bond donors (Lipinski definition) is 2. The smallest absolute Gasteiger partial charge is 0.236 e. The second kappa shape index (κ2) is 6.66. The first-order valence-corrected chi connectivity index (χ1v) is 6.57. The summed E-state index contributed by atoms with van der Waals surface area (Å²) in [7, 11) is 0. The van der Waals surface area contributed by atoms with Gasteiger partial charge in [0.2, 0.25) is 5.91 Å². The summed E-state index contributed by atoms with van der Waals surface area (Å²) in [6.07, 6.45) is 1.08. The lowest BCUT2D eigenvalue weighted by molar-refractivity contribution is -0.122. The molecule has 0 aromatic carbocycles. The Kier molecular flexibility index (Phi) is 5.49. The zero-order valence-electron chi connectivity index (χ0n) is 10.2. The van der Waals surface area contributed by atoms with E-state index in [9.17, 15) is 4.79 Å². The quantitative estimate of drug-likeness (QED) is 0.797. The molecular formula is C12H20N2OS. The molecule has 0 bridgehead atoms. The van der Waals surface area contributed by atoms with Gasteiger partial charge in [-0.05, 0) is 32.4 Å². The first kappa shape index (κ1) is 13.2. The van der Waals surface area contributed by atoms with Crippen molar-refractivity contribution in [2.24, 2.45) is 0 Å². The first-order chi connectivity index (χ1) is 7.67. The van der Waals surface area contributed by atoms with E-state index in [1.807, 2.05) is 13.8 Å². The number of carbonyl (C=O) groups is 1. The Hall–Kier alpha value is -0.870. The third kappa shape index (κ3) is 3.94. The lowest BCUT2D eigenvalue weighted by atomic mass is 10.3. The van der Waals surface area contributed by atoms with Crippen molar-refractivity contribution < 1.29 is 4.79 Å². The molecule has 0 radical (unpaired) electrons. The highest BCUT2D eigenvalue weighted by molar-refractivity contribution is 7.11. The summed E-state index contributed by atoms with van der Waals surface area (Å²) >= 11 is 1.81.